The molecule has 0 aliphatic rings. The van der Waals surface area contributed by atoms with Gasteiger partial charge in [0.25, 0.3) is 0 Å². The monoisotopic (exact) mass is 354 g/mol. The average Bonchev–Trinajstić information content (AvgIpc) is 2.66. The molecule has 5 heteroatoms. The van der Waals surface area contributed by atoms with Crippen molar-refractivity contribution in [3.63, 3.8) is 0 Å². The minimum Gasteiger partial charge on any atom is -0.497 e. The Morgan fingerprint density at radius 1 is 0.962 bits per heavy atom. The predicted octanol–water partition coefficient (Wildman–Crippen LogP) is 3.84. The Bertz CT molecular complexity index is 783. The Hall–Kier alpha value is -3.08. The summed E-state index contributed by atoms with van der Waals surface area (Å²) < 4.78 is 15.6. The molecule has 0 N–H and O–H groups in total. The van der Waals surface area contributed by atoms with Crippen LogP contribution in [0.3, 0.4) is 0 Å². The van der Waals surface area contributed by atoms with Crippen LogP contribution in [0.1, 0.15) is 28.4 Å². The maximum absolute atomic E-state index is 12.3. The number of rotatable bonds is 7. The van der Waals surface area contributed by atoms with Crippen molar-refractivity contribution in [1.82, 2.24) is 0 Å². The van der Waals surface area contributed by atoms with Crippen molar-refractivity contribution in [3.8, 4) is 11.5 Å². The summed E-state index contributed by atoms with van der Waals surface area (Å²) >= 11 is 0. The number of Topliss-reactive ketones (excluding diaryl/α,β-unsaturated/α-hetero) is 1. The summed E-state index contributed by atoms with van der Waals surface area (Å²) in [5.74, 6) is 0.384. The van der Waals surface area contributed by atoms with Gasteiger partial charge in [0, 0.05) is 17.7 Å². The summed E-state index contributed by atoms with van der Waals surface area (Å²) in [6.07, 6.45) is 1.98. The lowest BCUT2D eigenvalue weighted by Crippen LogP contribution is -2.23. The van der Waals surface area contributed by atoms with Gasteiger partial charge >= 0.3 is 5.97 Å². The number of ketones is 1. The summed E-state index contributed by atoms with van der Waals surface area (Å²) in [6.45, 7) is 3.50. The quantitative estimate of drug-likeness (QED) is 0.429. The van der Waals surface area contributed by atoms with E-state index in [1.807, 2.05) is 19.1 Å². The van der Waals surface area contributed by atoms with Gasteiger partial charge in [0.2, 0.25) is 5.78 Å². The second-order valence-electron chi connectivity index (χ2n) is 5.79. The fourth-order valence-corrected chi connectivity index (χ4v) is 2.31. The lowest BCUT2D eigenvalue weighted by atomic mass is 10.1. The molecule has 0 spiro atoms. The summed E-state index contributed by atoms with van der Waals surface area (Å²) in [4.78, 5) is 24.3. The van der Waals surface area contributed by atoms with E-state index < -0.39 is 12.1 Å². The number of carbonyl (C=O) groups excluding carboxylic acids is 2. The first-order valence-electron chi connectivity index (χ1n) is 8.15. The molecule has 136 valence electrons. The van der Waals surface area contributed by atoms with E-state index in [0.717, 1.165) is 11.1 Å². The average molecular weight is 354 g/mol. The highest BCUT2D eigenvalue weighted by Gasteiger charge is 2.18. The molecule has 0 aliphatic heterocycles. The van der Waals surface area contributed by atoms with Crippen LogP contribution in [0.25, 0.3) is 6.08 Å². The highest BCUT2D eigenvalue weighted by Crippen LogP contribution is 2.23. The van der Waals surface area contributed by atoms with Gasteiger partial charge in [-0.1, -0.05) is 29.8 Å². The molecule has 0 amide bonds. The van der Waals surface area contributed by atoms with Crippen LogP contribution in [0.15, 0.2) is 48.5 Å². The topological polar surface area (TPSA) is 61.8 Å². The highest BCUT2D eigenvalue weighted by molar-refractivity contribution is 6.01. The molecular weight excluding hydrogens is 332 g/mol. The van der Waals surface area contributed by atoms with E-state index >= 15 is 0 Å². The molecule has 5 nitrogen and oxygen atoms in total. The third kappa shape index (κ3) is 5.21. The van der Waals surface area contributed by atoms with Gasteiger partial charge in [-0.2, -0.15) is 0 Å². The fraction of sp³-hybridized carbons (Fsp3) is 0.238. The normalized spacial score (nSPS) is 11.8. The van der Waals surface area contributed by atoms with Crippen LogP contribution in [-0.2, 0) is 9.53 Å². The van der Waals surface area contributed by atoms with Crippen LogP contribution in [-0.4, -0.2) is 32.1 Å². The molecule has 0 fully saturated rings. The molecule has 0 heterocycles. The predicted molar refractivity (Wildman–Crippen MR) is 99.6 cm³/mol. The van der Waals surface area contributed by atoms with Gasteiger partial charge in [-0.05, 0) is 37.6 Å². The summed E-state index contributed by atoms with van der Waals surface area (Å²) in [5, 5.41) is 0. The van der Waals surface area contributed by atoms with E-state index in [0.29, 0.717) is 17.1 Å². The molecule has 0 unspecified atom stereocenters. The number of ether oxygens (including phenoxy) is 3. The number of hydrogen-bond donors (Lipinski definition) is 0. The number of hydrogen-bond acceptors (Lipinski definition) is 5. The zero-order valence-corrected chi connectivity index (χ0v) is 15.3. The molecule has 2 rings (SSSR count). The van der Waals surface area contributed by atoms with E-state index in [2.05, 4.69) is 0 Å². The van der Waals surface area contributed by atoms with E-state index in [-0.39, 0.29) is 5.78 Å². The van der Waals surface area contributed by atoms with Gasteiger partial charge in [-0.3, -0.25) is 4.79 Å². The zero-order chi connectivity index (χ0) is 19.1. The molecule has 0 aliphatic carbocycles. The highest BCUT2D eigenvalue weighted by atomic mass is 16.5. The smallest absolute Gasteiger partial charge is 0.331 e. The second-order valence-corrected chi connectivity index (χ2v) is 5.79. The van der Waals surface area contributed by atoms with E-state index in [4.69, 9.17) is 14.2 Å². The Labute approximate surface area is 153 Å². The van der Waals surface area contributed by atoms with Crippen molar-refractivity contribution in [3.05, 3.63) is 65.2 Å². The van der Waals surface area contributed by atoms with Crippen LogP contribution in [0.2, 0.25) is 0 Å². The Balaban J connectivity index is 2.02. The van der Waals surface area contributed by atoms with Crippen LogP contribution in [0, 0.1) is 6.92 Å². The molecule has 0 radical (unpaired) electrons. The van der Waals surface area contributed by atoms with Gasteiger partial charge in [-0.25, -0.2) is 4.79 Å². The molecule has 0 bridgehead atoms. The maximum atomic E-state index is 12.3. The van der Waals surface area contributed by atoms with E-state index in [1.165, 1.54) is 6.08 Å². The molecule has 1 atom stereocenters. The van der Waals surface area contributed by atoms with Crippen molar-refractivity contribution in [1.29, 1.82) is 0 Å². The Kier molecular flexibility index (Phi) is 6.55. The molecule has 2 aromatic carbocycles. The first-order valence-corrected chi connectivity index (χ1v) is 8.15. The van der Waals surface area contributed by atoms with Crippen molar-refractivity contribution in [2.24, 2.45) is 0 Å². The SMILES string of the molecule is COc1cc(/C=C/C(=O)O[C@H](C)C(=O)c2ccc(C)cc2)cc(OC)c1. The number of benzene rings is 2. The third-order valence-corrected chi connectivity index (χ3v) is 3.78. The molecule has 0 saturated heterocycles. The molecule has 0 aromatic heterocycles. The van der Waals surface area contributed by atoms with Crippen LogP contribution in [0.5, 0.6) is 11.5 Å². The number of esters is 1. The van der Waals surface area contributed by atoms with Gasteiger partial charge in [0.1, 0.15) is 11.5 Å². The van der Waals surface area contributed by atoms with Crippen LogP contribution in [0.4, 0.5) is 0 Å². The van der Waals surface area contributed by atoms with Gasteiger partial charge in [0.05, 0.1) is 14.2 Å². The molecular formula is C21H22O5. The minimum atomic E-state index is -0.866. The maximum Gasteiger partial charge on any atom is 0.331 e. The van der Waals surface area contributed by atoms with E-state index in [1.54, 1.807) is 57.6 Å². The van der Waals surface area contributed by atoms with E-state index in [9.17, 15) is 9.59 Å². The van der Waals surface area contributed by atoms with Crippen molar-refractivity contribution in [2.45, 2.75) is 20.0 Å². The number of methoxy groups -OCH3 is 2. The fourth-order valence-electron chi connectivity index (χ4n) is 2.31. The lowest BCUT2D eigenvalue weighted by molar-refractivity contribution is -0.140. The molecule has 2 aromatic rings. The minimum absolute atomic E-state index is 0.241. The van der Waals surface area contributed by atoms with Gasteiger partial charge in [0.15, 0.2) is 6.10 Å². The Morgan fingerprint density at radius 3 is 2.08 bits per heavy atom. The van der Waals surface area contributed by atoms with Crippen molar-refractivity contribution >= 4 is 17.8 Å². The first kappa shape index (κ1) is 19.2. The lowest BCUT2D eigenvalue weighted by Gasteiger charge is -2.11. The summed E-state index contributed by atoms with van der Waals surface area (Å²) in [7, 11) is 3.10. The number of carbonyl (C=O) groups is 2. The Morgan fingerprint density at radius 2 is 1.54 bits per heavy atom. The van der Waals surface area contributed by atoms with Gasteiger partial charge in [-0.15, -0.1) is 0 Å². The standard InChI is InChI=1S/C21H22O5/c1-14-5-8-17(9-6-14)21(23)15(2)26-20(22)10-7-16-11-18(24-3)13-19(12-16)25-4/h5-13,15H,1-4H3/b10-7+/t15-/m1/s1. The number of aryl methyl sites for hydroxylation is 1. The molecule has 0 saturated carbocycles. The van der Waals surface area contributed by atoms with Crippen molar-refractivity contribution < 1.29 is 23.8 Å². The second kappa shape index (κ2) is 8.85. The van der Waals surface area contributed by atoms with Crippen LogP contribution >= 0.6 is 0 Å². The van der Waals surface area contributed by atoms with Crippen LogP contribution < -0.4 is 9.47 Å². The first-order chi connectivity index (χ1) is 12.4. The van der Waals surface area contributed by atoms with Gasteiger partial charge < -0.3 is 14.2 Å². The molecule has 26 heavy (non-hydrogen) atoms. The summed E-state index contributed by atoms with van der Waals surface area (Å²) in [6, 6.07) is 12.4. The summed E-state index contributed by atoms with van der Waals surface area (Å²) in [5.41, 5.74) is 2.29. The zero-order valence-electron chi connectivity index (χ0n) is 15.3. The third-order valence-electron chi connectivity index (χ3n) is 3.78. The van der Waals surface area contributed by atoms with Crippen molar-refractivity contribution in [2.75, 3.05) is 14.2 Å². The largest absolute Gasteiger partial charge is 0.497 e.